The van der Waals surface area contributed by atoms with Gasteiger partial charge in [0, 0.05) is 30.6 Å². The summed E-state index contributed by atoms with van der Waals surface area (Å²) < 4.78 is 0. The van der Waals surface area contributed by atoms with Crippen LogP contribution >= 0.6 is 0 Å². The summed E-state index contributed by atoms with van der Waals surface area (Å²) in [7, 11) is 0. The highest BCUT2D eigenvalue weighted by Crippen LogP contribution is 2.63. The van der Waals surface area contributed by atoms with Gasteiger partial charge < -0.3 is 4.90 Å². The maximum Gasteiger partial charge on any atom is 0.224 e. The van der Waals surface area contributed by atoms with Gasteiger partial charge in [-0.2, -0.15) is 0 Å². The van der Waals surface area contributed by atoms with Crippen LogP contribution in [0.3, 0.4) is 0 Å². The molecule has 1 aromatic rings. The van der Waals surface area contributed by atoms with E-state index in [4.69, 9.17) is 0 Å². The molecule has 3 heterocycles. The number of hydrogen-bond acceptors (Lipinski definition) is 2. The van der Waals surface area contributed by atoms with Crippen LogP contribution in [0, 0.1) is 17.8 Å². The lowest BCUT2D eigenvalue weighted by atomic mass is 9.54. The van der Waals surface area contributed by atoms with E-state index in [0.29, 0.717) is 18.0 Å². The second-order valence-electron chi connectivity index (χ2n) is 8.58. The Hall–Kier alpha value is -1.35. The second-order valence-corrected chi connectivity index (χ2v) is 8.58. The topological polar surface area (TPSA) is 23.6 Å². The zero-order valence-electron chi connectivity index (χ0n) is 15.0. The lowest BCUT2D eigenvalue weighted by molar-refractivity contribution is -0.118. The number of carbonyl (C=O) groups is 1. The summed E-state index contributed by atoms with van der Waals surface area (Å²) in [6.07, 6.45) is 3.82. The molecule has 1 aromatic carbocycles. The van der Waals surface area contributed by atoms with Crippen LogP contribution in [0.15, 0.2) is 24.3 Å². The fourth-order valence-corrected chi connectivity index (χ4v) is 7.10. The summed E-state index contributed by atoms with van der Waals surface area (Å²) in [6.45, 7) is 9.02. The summed E-state index contributed by atoms with van der Waals surface area (Å²) in [5.41, 5.74) is 2.83. The highest BCUT2D eigenvalue weighted by atomic mass is 16.2. The molecule has 5 rings (SSSR count). The van der Waals surface area contributed by atoms with E-state index in [0.717, 1.165) is 11.8 Å². The number of hydrogen-bond donors (Lipinski definition) is 0. The van der Waals surface area contributed by atoms with Gasteiger partial charge in [-0.05, 0) is 48.8 Å². The summed E-state index contributed by atoms with van der Waals surface area (Å²) in [5.74, 6) is 2.37. The maximum atomic E-state index is 12.7. The van der Waals surface area contributed by atoms with Gasteiger partial charge in [-0.25, -0.2) is 0 Å². The van der Waals surface area contributed by atoms with Gasteiger partial charge in [0.15, 0.2) is 0 Å². The lowest BCUT2D eigenvalue weighted by Gasteiger charge is -2.57. The average molecular weight is 324 g/mol. The van der Waals surface area contributed by atoms with Crippen LogP contribution in [0.5, 0.6) is 0 Å². The van der Waals surface area contributed by atoms with Gasteiger partial charge >= 0.3 is 0 Å². The molecule has 0 radical (unpaired) electrons. The normalized spacial score (nSPS) is 42.8. The van der Waals surface area contributed by atoms with Crippen LogP contribution in [0.1, 0.15) is 45.6 Å². The van der Waals surface area contributed by atoms with E-state index in [9.17, 15) is 4.79 Å². The highest BCUT2D eigenvalue weighted by Gasteiger charge is 2.67. The number of fused-ring (bicyclic) bond motifs is 2. The van der Waals surface area contributed by atoms with Crippen LogP contribution in [-0.2, 0) is 10.2 Å². The third-order valence-corrected chi connectivity index (χ3v) is 7.93. The molecule has 0 N–H and O–H groups in total. The fraction of sp³-hybridized carbons (Fsp3) is 0.667. The second kappa shape index (κ2) is 4.85. The molecule has 6 atom stereocenters. The van der Waals surface area contributed by atoms with Crippen molar-refractivity contribution in [2.75, 3.05) is 18.0 Å². The van der Waals surface area contributed by atoms with Gasteiger partial charge in [0.1, 0.15) is 0 Å². The molecule has 3 heteroatoms. The molecule has 2 saturated heterocycles. The molecular weight excluding hydrogens is 296 g/mol. The molecule has 3 fully saturated rings. The maximum absolute atomic E-state index is 12.7. The van der Waals surface area contributed by atoms with Crippen molar-refractivity contribution in [1.82, 2.24) is 4.90 Å². The number of benzene rings is 1. The molecule has 128 valence electrons. The molecule has 4 aliphatic rings. The van der Waals surface area contributed by atoms with Gasteiger partial charge in [-0.1, -0.05) is 38.5 Å². The van der Waals surface area contributed by atoms with Crippen molar-refractivity contribution in [3.8, 4) is 0 Å². The van der Waals surface area contributed by atoms with Crippen molar-refractivity contribution in [2.24, 2.45) is 17.8 Å². The Morgan fingerprint density at radius 1 is 1.33 bits per heavy atom. The van der Waals surface area contributed by atoms with Crippen LogP contribution in [0.4, 0.5) is 5.69 Å². The van der Waals surface area contributed by atoms with Crippen molar-refractivity contribution in [1.29, 1.82) is 0 Å². The first-order chi connectivity index (χ1) is 11.6. The molecule has 1 aliphatic carbocycles. The van der Waals surface area contributed by atoms with Gasteiger partial charge in [-0.15, -0.1) is 0 Å². The third-order valence-electron chi connectivity index (χ3n) is 7.93. The highest BCUT2D eigenvalue weighted by molar-refractivity contribution is 5.96. The number of para-hydroxylation sites is 1. The number of carbonyl (C=O) groups excluding carboxylic acids is 1. The monoisotopic (exact) mass is 324 g/mol. The van der Waals surface area contributed by atoms with E-state index in [-0.39, 0.29) is 11.3 Å². The Morgan fingerprint density at radius 3 is 2.88 bits per heavy atom. The minimum atomic E-state index is 0.177. The first-order valence-electron chi connectivity index (χ1n) is 9.73. The van der Waals surface area contributed by atoms with Gasteiger partial charge in [0.25, 0.3) is 0 Å². The molecule has 1 amide bonds. The van der Waals surface area contributed by atoms with E-state index in [1.54, 1.807) is 6.92 Å². The predicted molar refractivity (Wildman–Crippen MR) is 96.1 cm³/mol. The Balaban J connectivity index is 1.73. The van der Waals surface area contributed by atoms with Gasteiger partial charge in [0.05, 0.1) is 6.04 Å². The van der Waals surface area contributed by atoms with E-state index in [1.165, 1.54) is 43.6 Å². The van der Waals surface area contributed by atoms with E-state index >= 15 is 0 Å². The van der Waals surface area contributed by atoms with Crippen LogP contribution in [0.2, 0.25) is 0 Å². The van der Waals surface area contributed by atoms with Crippen molar-refractivity contribution < 1.29 is 4.79 Å². The number of anilines is 1. The fourth-order valence-electron chi connectivity index (χ4n) is 7.10. The number of rotatable bonds is 1. The van der Waals surface area contributed by atoms with Crippen LogP contribution in [0.25, 0.3) is 0 Å². The molecule has 3 nitrogen and oxygen atoms in total. The largest absolute Gasteiger partial charge is 0.308 e. The Kier molecular flexibility index (Phi) is 3.02. The quantitative estimate of drug-likeness (QED) is 0.790. The standard InChI is InChI=1S/C21H28N2O/c1-4-15-12-22-10-9-21-17-7-5-6-8-18(17)23(14(3)24)20(21)13(2)16(15)11-19(21)22/h5-8,13,15-16,19-20H,4,9-12H2,1-3H3. The average Bonchev–Trinajstić information content (AvgIpc) is 3.12. The summed E-state index contributed by atoms with van der Waals surface area (Å²) >= 11 is 0. The molecule has 3 aliphatic heterocycles. The van der Waals surface area contributed by atoms with E-state index in [1.807, 2.05) is 0 Å². The first-order valence-corrected chi connectivity index (χ1v) is 9.73. The number of piperidine rings is 1. The van der Waals surface area contributed by atoms with E-state index < -0.39 is 0 Å². The van der Waals surface area contributed by atoms with Crippen LogP contribution < -0.4 is 4.90 Å². The molecule has 0 aromatic heterocycles. The molecule has 2 bridgehead atoms. The van der Waals surface area contributed by atoms with Gasteiger partial charge in [0.2, 0.25) is 5.91 Å². The van der Waals surface area contributed by atoms with E-state index in [2.05, 4.69) is 47.9 Å². The first kappa shape index (κ1) is 14.9. The molecule has 6 unspecified atom stereocenters. The summed E-state index contributed by atoms with van der Waals surface area (Å²) in [5, 5.41) is 0. The molecule has 1 spiro atoms. The molecule has 24 heavy (non-hydrogen) atoms. The third kappa shape index (κ3) is 1.55. The van der Waals surface area contributed by atoms with Gasteiger partial charge in [-0.3, -0.25) is 9.69 Å². The zero-order valence-corrected chi connectivity index (χ0v) is 15.0. The van der Waals surface area contributed by atoms with Crippen LogP contribution in [-0.4, -0.2) is 36.0 Å². The smallest absolute Gasteiger partial charge is 0.224 e. The van der Waals surface area contributed by atoms with Crippen molar-refractivity contribution >= 4 is 11.6 Å². The number of nitrogens with zero attached hydrogens (tertiary/aromatic N) is 2. The number of amides is 1. The Bertz CT molecular complexity index is 701. The minimum absolute atomic E-state index is 0.177. The zero-order chi connectivity index (χ0) is 16.6. The van der Waals surface area contributed by atoms with Crippen molar-refractivity contribution in [3.63, 3.8) is 0 Å². The summed E-state index contributed by atoms with van der Waals surface area (Å²) in [4.78, 5) is 17.6. The minimum Gasteiger partial charge on any atom is -0.308 e. The Labute approximate surface area is 145 Å². The SMILES string of the molecule is CCC1CN2CCC34c5ccccc5N(C(C)=O)C3C(C)C1CC24. The van der Waals surface area contributed by atoms with Crippen molar-refractivity contribution in [2.45, 2.75) is 57.5 Å². The lowest BCUT2D eigenvalue weighted by Crippen LogP contribution is -2.65. The molecular formula is C21H28N2O. The van der Waals surface area contributed by atoms with Crippen molar-refractivity contribution in [3.05, 3.63) is 29.8 Å². The summed E-state index contributed by atoms with van der Waals surface area (Å²) in [6, 6.07) is 9.76. The Morgan fingerprint density at radius 2 is 2.12 bits per heavy atom. The predicted octanol–water partition coefficient (Wildman–Crippen LogP) is 3.43. The molecule has 1 saturated carbocycles.